The van der Waals surface area contributed by atoms with Crippen molar-refractivity contribution in [3.05, 3.63) is 0 Å². The van der Waals surface area contributed by atoms with Gasteiger partial charge < -0.3 is 15.5 Å². The van der Waals surface area contributed by atoms with Crippen molar-refractivity contribution in [1.82, 2.24) is 20.4 Å². The van der Waals surface area contributed by atoms with Gasteiger partial charge in [-0.2, -0.15) is 0 Å². The van der Waals surface area contributed by atoms with Crippen molar-refractivity contribution in [2.75, 3.05) is 58.9 Å². The number of nitrogens with zero attached hydrogens (tertiary/aromatic N) is 2. The standard InChI is InChI=1S/C25H47FN4/c1-19(2)10-23-15-29(16-23)14-22-6-9-28-24(11-22)20(3)12-25(26)17-30(18-25)13-21-4-7-27-8-5-21/h19-24,27-28H,4-18H2,1-3H3/t20-,22?,24-/m0/s1. The number of nitrogens with one attached hydrogen (secondary N) is 2. The van der Waals surface area contributed by atoms with Gasteiger partial charge in [0.1, 0.15) is 5.67 Å². The Morgan fingerprint density at radius 2 is 1.57 bits per heavy atom. The molecule has 4 aliphatic heterocycles. The molecule has 5 heteroatoms. The molecule has 4 nitrogen and oxygen atoms in total. The molecule has 174 valence electrons. The van der Waals surface area contributed by atoms with E-state index >= 15 is 4.39 Å². The van der Waals surface area contributed by atoms with Crippen LogP contribution in [0.4, 0.5) is 4.39 Å². The highest BCUT2D eigenvalue weighted by atomic mass is 19.1. The Bertz CT molecular complexity index is 523. The van der Waals surface area contributed by atoms with E-state index < -0.39 is 5.67 Å². The van der Waals surface area contributed by atoms with Crippen LogP contribution in [0.15, 0.2) is 0 Å². The third-order valence-corrected chi connectivity index (χ3v) is 8.26. The number of halogens is 1. The fraction of sp³-hybridized carbons (Fsp3) is 1.00. The molecule has 4 heterocycles. The summed E-state index contributed by atoms with van der Waals surface area (Å²) in [5.41, 5.74) is -0.942. The molecule has 2 N–H and O–H groups in total. The molecular weight excluding hydrogens is 375 g/mol. The fourth-order valence-corrected chi connectivity index (χ4v) is 6.80. The second kappa shape index (κ2) is 10.1. The van der Waals surface area contributed by atoms with Gasteiger partial charge in [0.2, 0.25) is 0 Å². The molecule has 0 bridgehead atoms. The first kappa shape index (κ1) is 22.9. The van der Waals surface area contributed by atoms with Crippen LogP contribution < -0.4 is 10.6 Å². The summed E-state index contributed by atoms with van der Waals surface area (Å²) < 4.78 is 15.3. The van der Waals surface area contributed by atoms with Gasteiger partial charge in [-0.15, -0.1) is 0 Å². The summed E-state index contributed by atoms with van der Waals surface area (Å²) in [6.45, 7) is 16.7. The normalized spacial score (nSPS) is 32.7. The van der Waals surface area contributed by atoms with Gasteiger partial charge in [0.05, 0.1) is 0 Å². The van der Waals surface area contributed by atoms with Crippen LogP contribution in [0.25, 0.3) is 0 Å². The molecule has 0 radical (unpaired) electrons. The Labute approximate surface area is 184 Å². The number of piperidine rings is 2. The van der Waals surface area contributed by atoms with Crippen molar-refractivity contribution in [2.45, 2.75) is 71.0 Å². The molecular formula is C25H47FN4. The maximum Gasteiger partial charge on any atom is 0.136 e. The van der Waals surface area contributed by atoms with Crippen LogP contribution in [0, 0.1) is 29.6 Å². The molecule has 0 amide bonds. The summed E-state index contributed by atoms with van der Waals surface area (Å²) in [6, 6.07) is 0.502. The molecule has 4 rings (SSSR count). The maximum absolute atomic E-state index is 15.3. The van der Waals surface area contributed by atoms with Crippen LogP contribution in [-0.2, 0) is 0 Å². The third-order valence-electron chi connectivity index (χ3n) is 8.26. The van der Waals surface area contributed by atoms with E-state index in [-0.39, 0.29) is 0 Å². The number of alkyl halides is 1. The minimum Gasteiger partial charge on any atom is -0.317 e. The average Bonchev–Trinajstić information content (AvgIpc) is 2.66. The summed E-state index contributed by atoms with van der Waals surface area (Å²) in [5, 5.41) is 7.17. The van der Waals surface area contributed by atoms with E-state index in [1.54, 1.807) is 0 Å². The largest absolute Gasteiger partial charge is 0.317 e. The van der Waals surface area contributed by atoms with Crippen LogP contribution in [0.1, 0.15) is 59.3 Å². The van der Waals surface area contributed by atoms with Crippen molar-refractivity contribution in [3.8, 4) is 0 Å². The average molecular weight is 423 g/mol. The number of likely N-dealkylation sites (tertiary alicyclic amines) is 2. The first-order chi connectivity index (χ1) is 14.4. The molecule has 4 saturated heterocycles. The Kier molecular flexibility index (Phi) is 7.76. The summed E-state index contributed by atoms with van der Waals surface area (Å²) in [4.78, 5) is 5.04. The highest BCUT2D eigenvalue weighted by molar-refractivity contribution is 4.99. The zero-order valence-electron chi connectivity index (χ0n) is 19.8. The van der Waals surface area contributed by atoms with Crippen molar-refractivity contribution in [1.29, 1.82) is 0 Å². The van der Waals surface area contributed by atoms with E-state index in [2.05, 4.69) is 41.2 Å². The summed E-state index contributed by atoms with van der Waals surface area (Å²) in [6.07, 6.45) is 7.17. The van der Waals surface area contributed by atoms with Crippen LogP contribution >= 0.6 is 0 Å². The SMILES string of the molecule is CC(C)CC1CN(CC2CCN[C@H]([C@@H](C)CC3(F)CN(CC4CCNCC4)C3)C2)C1. The minimum atomic E-state index is -0.942. The Morgan fingerprint density at radius 3 is 2.27 bits per heavy atom. The van der Waals surface area contributed by atoms with Gasteiger partial charge in [-0.25, -0.2) is 4.39 Å². The van der Waals surface area contributed by atoms with E-state index in [9.17, 15) is 0 Å². The summed E-state index contributed by atoms with van der Waals surface area (Å²) in [5.74, 6) is 3.77. The van der Waals surface area contributed by atoms with Gasteiger partial charge in [0.25, 0.3) is 0 Å². The lowest BCUT2D eigenvalue weighted by Crippen LogP contribution is -2.61. The highest BCUT2D eigenvalue weighted by Gasteiger charge is 2.46. The molecule has 1 unspecified atom stereocenters. The quantitative estimate of drug-likeness (QED) is 0.596. The smallest absolute Gasteiger partial charge is 0.136 e. The molecule has 0 saturated carbocycles. The Balaban J connectivity index is 1.14. The molecule has 30 heavy (non-hydrogen) atoms. The van der Waals surface area contributed by atoms with Crippen molar-refractivity contribution in [3.63, 3.8) is 0 Å². The molecule has 0 aromatic rings. The second-order valence-corrected chi connectivity index (χ2v) is 11.9. The lowest BCUT2D eigenvalue weighted by atomic mass is 9.78. The topological polar surface area (TPSA) is 30.5 Å². The number of rotatable bonds is 9. The Morgan fingerprint density at radius 1 is 0.900 bits per heavy atom. The zero-order valence-corrected chi connectivity index (χ0v) is 19.8. The van der Waals surface area contributed by atoms with Gasteiger partial charge in [0, 0.05) is 45.3 Å². The monoisotopic (exact) mass is 422 g/mol. The van der Waals surface area contributed by atoms with Crippen molar-refractivity contribution >= 4 is 0 Å². The molecule has 0 aromatic heterocycles. The van der Waals surface area contributed by atoms with Gasteiger partial charge >= 0.3 is 0 Å². The van der Waals surface area contributed by atoms with Gasteiger partial charge in [0.15, 0.2) is 0 Å². The van der Waals surface area contributed by atoms with Crippen LogP contribution in [0.2, 0.25) is 0 Å². The second-order valence-electron chi connectivity index (χ2n) is 11.9. The molecule has 0 aliphatic carbocycles. The molecule has 0 spiro atoms. The highest BCUT2D eigenvalue weighted by Crippen LogP contribution is 2.36. The molecule has 4 fully saturated rings. The van der Waals surface area contributed by atoms with Gasteiger partial charge in [-0.3, -0.25) is 4.90 Å². The lowest BCUT2D eigenvalue weighted by molar-refractivity contribution is -0.0594. The van der Waals surface area contributed by atoms with Crippen LogP contribution in [0.5, 0.6) is 0 Å². The van der Waals surface area contributed by atoms with Crippen LogP contribution in [-0.4, -0.2) is 80.4 Å². The molecule has 4 aliphatic rings. The number of hydrogen-bond donors (Lipinski definition) is 2. The predicted molar refractivity (Wildman–Crippen MR) is 124 cm³/mol. The summed E-state index contributed by atoms with van der Waals surface area (Å²) >= 11 is 0. The van der Waals surface area contributed by atoms with E-state index in [1.165, 1.54) is 51.7 Å². The van der Waals surface area contributed by atoms with E-state index in [4.69, 9.17) is 0 Å². The zero-order chi connectivity index (χ0) is 21.1. The first-order valence-corrected chi connectivity index (χ1v) is 13.0. The summed E-state index contributed by atoms with van der Waals surface area (Å²) in [7, 11) is 0. The third kappa shape index (κ3) is 6.17. The molecule has 3 atom stereocenters. The predicted octanol–water partition coefficient (Wildman–Crippen LogP) is 3.38. The first-order valence-electron chi connectivity index (χ1n) is 13.0. The van der Waals surface area contributed by atoms with Crippen LogP contribution in [0.3, 0.4) is 0 Å². The van der Waals surface area contributed by atoms with Crippen molar-refractivity contribution < 1.29 is 4.39 Å². The van der Waals surface area contributed by atoms with Crippen molar-refractivity contribution in [2.24, 2.45) is 29.6 Å². The van der Waals surface area contributed by atoms with E-state index in [0.717, 1.165) is 56.3 Å². The number of hydrogen-bond acceptors (Lipinski definition) is 4. The lowest BCUT2D eigenvalue weighted by Gasteiger charge is -2.49. The maximum atomic E-state index is 15.3. The van der Waals surface area contributed by atoms with Gasteiger partial charge in [-0.05, 0) is 87.7 Å². The molecule has 0 aromatic carbocycles. The van der Waals surface area contributed by atoms with Gasteiger partial charge in [-0.1, -0.05) is 20.8 Å². The van der Waals surface area contributed by atoms with E-state index in [1.807, 2.05) is 0 Å². The minimum absolute atomic E-state index is 0.434. The van der Waals surface area contributed by atoms with E-state index in [0.29, 0.717) is 25.0 Å². The Hall–Kier alpha value is -0.230. The fourth-order valence-electron chi connectivity index (χ4n) is 6.80.